The summed E-state index contributed by atoms with van der Waals surface area (Å²) in [5.74, 6) is 0.720. The summed E-state index contributed by atoms with van der Waals surface area (Å²) in [5.41, 5.74) is 0.988. The van der Waals surface area contributed by atoms with Gasteiger partial charge >= 0.3 is 9.28 Å². The average Bonchev–Trinajstić information content (AvgIpc) is 2.01. The van der Waals surface area contributed by atoms with Gasteiger partial charge in [0.2, 0.25) is 0 Å². The molecule has 0 saturated carbocycles. The largest absolute Gasteiger partial charge is 0.400 e. The van der Waals surface area contributed by atoms with Crippen molar-refractivity contribution in [1.29, 1.82) is 0 Å². The third-order valence-corrected chi connectivity index (χ3v) is 4.71. The monoisotopic (exact) mass is 232 g/mol. The van der Waals surface area contributed by atoms with E-state index in [0.717, 1.165) is 5.92 Å². The number of rotatable bonds is 6. The first-order chi connectivity index (χ1) is 6.80. The zero-order valence-electron chi connectivity index (χ0n) is 11.5. The molecule has 0 aliphatic carbocycles. The average molecular weight is 232 g/mol. The summed E-state index contributed by atoms with van der Waals surface area (Å²) in [7, 11) is 2.11. The molecule has 92 valence electrons. The molecule has 0 radical (unpaired) electrons. The van der Waals surface area contributed by atoms with Crippen LogP contribution in [0.1, 0.15) is 47.5 Å². The molecule has 0 spiro atoms. The van der Waals surface area contributed by atoms with E-state index in [9.17, 15) is 0 Å². The molecule has 0 aromatic carbocycles. The van der Waals surface area contributed by atoms with Gasteiger partial charge in [-0.2, -0.15) is 0 Å². The molecule has 0 aliphatic rings. The van der Waals surface area contributed by atoms with Crippen LogP contribution in [-0.2, 0) is 8.85 Å². The minimum atomic E-state index is -1.46. The Bertz CT molecular complexity index is 159. The Hall–Kier alpha value is 0.137. The van der Waals surface area contributed by atoms with Gasteiger partial charge in [0.05, 0.1) is 0 Å². The van der Waals surface area contributed by atoms with Crippen molar-refractivity contribution in [1.82, 2.24) is 0 Å². The molecular formula is C12H28O2Si. The zero-order valence-corrected chi connectivity index (χ0v) is 12.6. The summed E-state index contributed by atoms with van der Waals surface area (Å²) in [5, 5.41) is 0. The van der Waals surface area contributed by atoms with Gasteiger partial charge in [0.15, 0.2) is 0 Å². The molecule has 0 aromatic heterocycles. The summed E-state index contributed by atoms with van der Waals surface area (Å²) < 4.78 is 11.1. The molecule has 0 heterocycles. The van der Waals surface area contributed by atoms with Crippen LogP contribution in [0, 0.1) is 11.3 Å². The van der Waals surface area contributed by atoms with Crippen molar-refractivity contribution >= 4 is 9.28 Å². The highest BCUT2D eigenvalue weighted by molar-refractivity contribution is 6.46. The van der Waals surface area contributed by atoms with Crippen molar-refractivity contribution in [2.45, 2.75) is 53.0 Å². The van der Waals surface area contributed by atoms with Crippen molar-refractivity contribution in [3.8, 4) is 0 Å². The van der Waals surface area contributed by atoms with Crippen LogP contribution in [-0.4, -0.2) is 23.5 Å². The summed E-state index contributed by atoms with van der Waals surface area (Å²) >= 11 is 0. The Morgan fingerprint density at radius 1 is 1.07 bits per heavy atom. The fraction of sp³-hybridized carbons (Fsp3) is 1.00. The van der Waals surface area contributed by atoms with Crippen molar-refractivity contribution in [3.63, 3.8) is 0 Å². The Balaban J connectivity index is 4.42. The second-order valence-electron chi connectivity index (χ2n) is 5.99. The summed E-state index contributed by atoms with van der Waals surface area (Å²) in [6.07, 6.45) is 2.42. The van der Waals surface area contributed by atoms with Crippen LogP contribution in [0.2, 0.25) is 5.54 Å². The summed E-state index contributed by atoms with van der Waals surface area (Å²) in [6.45, 7) is 11.4. The van der Waals surface area contributed by atoms with Gasteiger partial charge in [0, 0.05) is 19.8 Å². The van der Waals surface area contributed by atoms with Crippen LogP contribution in [0.3, 0.4) is 0 Å². The molecule has 15 heavy (non-hydrogen) atoms. The van der Waals surface area contributed by atoms with E-state index in [1.165, 1.54) is 12.8 Å². The van der Waals surface area contributed by atoms with E-state index < -0.39 is 9.28 Å². The van der Waals surface area contributed by atoms with Crippen LogP contribution in [0.25, 0.3) is 0 Å². The van der Waals surface area contributed by atoms with Crippen LogP contribution in [0.4, 0.5) is 0 Å². The van der Waals surface area contributed by atoms with Crippen LogP contribution < -0.4 is 0 Å². The van der Waals surface area contributed by atoms with E-state index >= 15 is 0 Å². The quantitative estimate of drug-likeness (QED) is 0.654. The molecule has 3 heteroatoms. The van der Waals surface area contributed by atoms with Gasteiger partial charge in [-0.05, 0) is 24.2 Å². The molecule has 0 aliphatic heterocycles. The highest BCUT2D eigenvalue weighted by Gasteiger charge is 2.29. The smallest absolute Gasteiger partial charge is 0.324 e. The molecule has 1 unspecified atom stereocenters. The van der Waals surface area contributed by atoms with E-state index in [2.05, 4.69) is 34.6 Å². The SMILES string of the molecule is CO[SiH](OC)C(CC(C)C)CC(C)(C)C. The van der Waals surface area contributed by atoms with E-state index in [0.29, 0.717) is 11.0 Å². The van der Waals surface area contributed by atoms with E-state index in [1.54, 1.807) is 14.2 Å². The van der Waals surface area contributed by atoms with Gasteiger partial charge in [0.25, 0.3) is 0 Å². The lowest BCUT2D eigenvalue weighted by molar-refractivity contribution is 0.236. The van der Waals surface area contributed by atoms with Crippen molar-refractivity contribution in [3.05, 3.63) is 0 Å². The number of hydrogen-bond donors (Lipinski definition) is 0. The fourth-order valence-corrected chi connectivity index (χ4v) is 4.79. The fourth-order valence-electron chi connectivity index (χ4n) is 2.16. The van der Waals surface area contributed by atoms with Gasteiger partial charge in [-0.1, -0.05) is 34.6 Å². The molecule has 0 saturated heterocycles. The zero-order chi connectivity index (χ0) is 12.1. The predicted molar refractivity (Wildman–Crippen MR) is 68.4 cm³/mol. The Morgan fingerprint density at radius 3 is 1.80 bits per heavy atom. The maximum absolute atomic E-state index is 5.53. The van der Waals surface area contributed by atoms with Gasteiger partial charge in [-0.25, -0.2) is 0 Å². The van der Waals surface area contributed by atoms with Gasteiger partial charge in [-0.15, -0.1) is 0 Å². The Morgan fingerprint density at radius 2 is 1.53 bits per heavy atom. The first-order valence-corrected chi connectivity index (χ1v) is 7.46. The molecule has 0 aromatic rings. The van der Waals surface area contributed by atoms with Crippen molar-refractivity contribution < 1.29 is 8.85 Å². The molecule has 0 fully saturated rings. The van der Waals surface area contributed by atoms with Gasteiger partial charge < -0.3 is 8.85 Å². The topological polar surface area (TPSA) is 18.5 Å². The summed E-state index contributed by atoms with van der Waals surface area (Å²) in [4.78, 5) is 0. The maximum Gasteiger partial charge on any atom is 0.324 e. The number of hydrogen-bond acceptors (Lipinski definition) is 2. The molecule has 0 N–H and O–H groups in total. The van der Waals surface area contributed by atoms with E-state index in [1.807, 2.05) is 0 Å². The molecule has 0 bridgehead atoms. The first-order valence-electron chi connectivity index (χ1n) is 5.85. The molecule has 1 atom stereocenters. The van der Waals surface area contributed by atoms with Crippen molar-refractivity contribution in [2.75, 3.05) is 14.2 Å². The highest BCUT2D eigenvalue weighted by atomic mass is 28.3. The second kappa shape index (κ2) is 6.66. The lowest BCUT2D eigenvalue weighted by Crippen LogP contribution is -2.30. The summed E-state index contributed by atoms with van der Waals surface area (Å²) in [6, 6.07) is 0. The van der Waals surface area contributed by atoms with Crippen LogP contribution in [0.5, 0.6) is 0 Å². The third-order valence-electron chi connectivity index (χ3n) is 2.50. The van der Waals surface area contributed by atoms with Crippen LogP contribution >= 0.6 is 0 Å². The van der Waals surface area contributed by atoms with E-state index in [-0.39, 0.29) is 0 Å². The molecule has 2 nitrogen and oxygen atoms in total. The third kappa shape index (κ3) is 7.09. The lowest BCUT2D eigenvalue weighted by atomic mass is 9.88. The first kappa shape index (κ1) is 15.1. The molecule has 0 rings (SSSR count). The van der Waals surface area contributed by atoms with Crippen LogP contribution in [0.15, 0.2) is 0 Å². The van der Waals surface area contributed by atoms with Gasteiger partial charge in [0.1, 0.15) is 0 Å². The van der Waals surface area contributed by atoms with E-state index in [4.69, 9.17) is 8.85 Å². The predicted octanol–water partition coefficient (Wildman–Crippen LogP) is 3.35. The standard InChI is InChI=1S/C12H28O2Si/c1-10(2)8-11(9-12(3,4)5)15(13-6)14-7/h10-11,15H,8-9H2,1-7H3. The lowest BCUT2D eigenvalue weighted by Gasteiger charge is -2.30. The van der Waals surface area contributed by atoms with Crippen molar-refractivity contribution in [2.24, 2.45) is 11.3 Å². The second-order valence-corrected chi connectivity index (χ2v) is 8.62. The normalized spacial score (nSPS) is 15.0. The highest BCUT2D eigenvalue weighted by Crippen LogP contribution is 2.34. The molecule has 0 amide bonds. The maximum atomic E-state index is 5.53. The Kier molecular flexibility index (Phi) is 6.72. The van der Waals surface area contributed by atoms with Gasteiger partial charge in [-0.3, -0.25) is 0 Å². The minimum absolute atomic E-state index is 0.363. The minimum Gasteiger partial charge on any atom is -0.400 e. The Labute approximate surface area is 97.2 Å². The molecular weight excluding hydrogens is 204 g/mol.